The second-order valence-corrected chi connectivity index (χ2v) is 5.48. The summed E-state index contributed by atoms with van der Waals surface area (Å²) in [5, 5.41) is 12.4. The second-order valence-electron chi connectivity index (χ2n) is 5.48. The van der Waals surface area contributed by atoms with Crippen LogP contribution in [0.25, 0.3) is 0 Å². The normalized spacial score (nSPS) is 20.9. The number of aromatic carboxylic acids is 1. The van der Waals surface area contributed by atoms with Crippen LogP contribution in [0.1, 0.15) is 34.0 Å². The van der Waals surface area contributed by atoms with E-state index in [4.69, 9.17) is 9.84 Å². The number of hydrogen-bond acceptors (Lipinski definition) is 3. The fraction of sp³-hybridized carbons (Fsp3) is 0.278. The summed E-state index contributed by atoms with van der Waals surface area (Å²) in [6.45, 7) is 1.46. The van der Waals surface area contributed by atoms with E-state index in [0.717, 1.165) is 18.6 Å². The molecule has 0 aromatic heterocycles. The van der Waals surface area contributed by atoms with Crippen LogP contribution in [-0.4, -0.2) is 23.7 Å². The number of ether oxygens (including phenoxy) is 1. The van der Waals surface area contributed by atoms with Gasteiger partial charge in [0.1, 0.15) is 0 Å². The molecule has 0 radical (unpaired) electrons. The molecule has 1 saturated heterocycles. The molecule has 114 valence electrons. The highest BCUT2D eigenvalue weighted by atomic mass is 16.5. The molecule has 4 heteroatoms. The first-order valence-electron chi connectivity index (χ1n) is 7.46. The first kappa shape index (κ1) is 14.8. The van der Waals surface area contributed by atoms with E-state index in [9.17, 15) is 4.79 Å². The zero-order valence-electron chi connectivity index (χ0n) is 12.2. The first-order valence-corrected chi connectivity index (χ1v) is 7.46. The van der Waals surface area contributed by atoms with Crippen LogP contribution in [0.15, 0.2) is 54.6 Å². The zero-order chi connectivity index (χ0) is 15.4. The lowest BCUT2D eigenvalue weighted by Gasteiger charge is -2.20. The molecule has 1 fully saturated rings. The van der Waals surface area contributed by atoms with Crippen molar-refractivity contribution in [2.45, 2.75) is 25.1 Å². The van der Waals surface area contributed by atoms with Crippen LogP contribution >= 0.6 is 0 Å². The highest BCUT2D eigenvalue weighted by molar-refractivity contribution is 5.87. The van der Waals surface area contributed by atoms with E-state index in [1.807, 2.05) is 30.3 Å². The fourth-order valence-corrected chi connectivity index (χ4v) is 2.78. The van der Waals surface area contributed by atoms with Gasteiger partial charge in [-0.1, -0.05) is 42.5 Å². The monoisotopic (exact) mass is 297 g/mol. The van der Waals surface area contributed by atoms with Crippen LogP contribution in [-0.2, 0) is 11.3 Å². The molecule has 1 aliphatic heterocycles. The van der Waals surface area contributed by atoms with Crippen LogP contribution in [0, 0.1) is 0 Å². The van der Waals surface area contributed by atoms with E-state index in [1.54, 1.807) is 12.1 Å². The average molecular weight is 297 g/mol. The van der Waals surface area contributed by atoms with Crippen molar-refractivity contribution in [1.82, 2.24) is 5.32 Å². The summed E-state index contributed by atoms with van der Waals surface area (Å²) in [5.41, 5.74) is 2.58. The lowest BCUT2D eigenvalue weighted by atomic mass is 10.0. The van der Waals surface area contributed by atoms with Gasteiger partial charge in [0.25, 0.3) is 0 Å². The van der Waals surface area contributed by atoms with Crippen molar-refractivity contribution in [2.75, 3.05) is 6.61 Å². The van der Waals surface area contributed by atoms with E-state index >= 15 is 0 Å². The van der Waals surface area contributed by atoms with Crippen molar-refractivity contribution < 1.29 is 14.6 Å². The first-order chi connectivity index (χ1) is 10.7. The third-order valence-electron chi connectivity index (χ3n) is 3.99. The predicted molar refractivity (Wildman–Crippen MR) is 83.8 cm³/mol. The molecule has 3 rings (SSSR count). The summed E-state index contributed by atoms with van der Waals surface area (Å²) in [7, 11) is 0. The predicted octanol–water partition coefficient (Wildman–Crippen LogP) is 3.00. The molecule has 1 aliphatic rings. The SMILES string of the molecule is O=C(O)c1ccc(CNC2CCOC2c2ccccc2)cc1. The minimum absolute atomic E-state index is 0.0829. The van der Waals surface area contributed by atoms with Gasteiger partial charge in [-0.15, -0.1) is 0 Å². The standard InChI is InChI=1S/C18H19NO3/c20-18(21)15-8-6-13(7-9-15)12-19-16-10-11-22-17(16)14-4-2-1-3-5-14/h1-9,16-17,19H,10-12H2,(H,20,21). The maximum absolute atomic E-state index is 10.8. The molecule has 2 N–H and O–H groups in total. The van der Waals surface area contributed by atoms with E-state index in [0.29, 0.717) is 12.1 Å². The summed E-state index contributed by atoms with van der Waals surface area (Å²) in [5.74, 6) is -0.896. The maximum Gasteiger partial charge on any atom is 0.335 e. The van der Waals surface area contributed by atoms with Gasteiger partial charge in [0.05, 0.1) is 11.7 Å². The lowest BCUT2D eigenvalue weighted by Crippen LogP contribution is -2.31. The van der Waals surface area contributed by atoms with E-state index in [1.165, 1.54) is 5.56 Å². The molecule has 0 spiro atoms. The minimum Gasteiger partial charge on any atom is -0.478 e. The average Bonchev–Trinajstić information content (AvgIpc) is 3.02. The number of nitrogens with one attached hydrogen (secondary N) is 1. The molecule has 0 saturated carbocycles. The Labute approximate surface area is 129 Å². The topological polar surface area (TPSA) is 58.6 Å². The van der Waals surface area contributed by atoms with E-state index in [2.05, 4.69) is 17.4 Å². The Hall–Kier alpha value is -2.17. The molecule has 2 unspecified atom stereocenters. The van der Waals surface area contributed by atoms with Gasteiger partial charge in [-0.2, -0.15) is 0 Å². The van der Waals surface area contributed by atoms with E-state index < -0.39 is 5.97 Å². The van der Waals surface area contributed by atoms with Gasteiger partial charge in [0.15, 0.2) is 0 Å². The Morgan fingerprint density at radius 1 is 1.14 bits per heavy atom. The quantitative estimate of drug-likeness (QED) is 0.890. The maximum atomic E-state index is 10.8. The molecular formula is C18H19NO3. The fourth-order valence-electron chi connectivity index (χ4n) is 2.78. The number of carboxylic acids is 1. The Balaban J connectivity index is 1.62. The van der Waals surface area contributed by atoms with Crippen molar-refractivity contribution in [1.29, 1.82) is 0 Å². The molecule has 0 amide bonds. The van der Waals surface area contributed by atoms with Crippen LogP contribution < -0.4 is 5.32 Å². The Kier molecular flexibility index (Phi) is 4.51. The molecule has 2 atom stereocenters. The van der Waals surface area contributed by atoms with Gasteiger partial charge in [-0.3, -0.25) is 0 Å². The van der Waals surface area contributed by atoms with Gasteiger partial charge in [0, 0.05) is 19.2 Å². The summed E-state index contributed by atoms with van der Waals surface area (Å²) in [4.78, 5) is 10.8. The van der Waals surface area contributed by atoms with Crippen molar-refractivity contribution >= 4 is 5.97 Å². The van der Waals surface area contributed by atoms with Crippen molar-refractivity contribution in [2.24, 2.45) is 0 Å². The van der Waals surface area contributed by atoms with Crippen LogP contribution in [0.3, 0.4) is 0 Å². The molecule has 22 heavy (non-hydrogen) atoms. The third kappa shape index (κ3) is 3.35. The minimum atomic E-state index is -0.896. The van der Waals surface area contributed by atoms with Gasteiger partial charge < -0.3 is 15.2 Å². The Morgan fingerprint density at radius 3 is 2.55 bits per heavy atom. The second kappa shape index (κ2) is 6.73. The summed E-state index contributed by atoms with van der Waals surface area (Å²) in [6, 6.07) is 17.5. The van der Waals surface area contributed by atoms with Gasteiger partial charge in [-0.05, 0) is 29.7 Å². The highest BCUT2D eigenvalue weighted by Crippen LogP contribution is 2.29. The molecular weight excluding hydrogens is 278 g/mol. The highest BCUT2D eigenvalue weighted by Gasteiger charge is 2.28. The molecule has 4 nitrogen and oxygen atoms in total. The smallest absolute Gasteiger partial charge is 0.335 e. The Bertz CT molecular complexity index is 625. The largest absolute Gasteiger partial charge is 0.478 e. The van der Waals surface area contributed by atoms with Crippen LogP contribution in [0.4, 0.5) is 0 Å². The lowest BCUT2D eigenvalue weighted by molar-refractivity contribution is 0.0697. The molecule has 0 aliphatic carbocycles. The van der Waals surface area contributed by atoms with Gasteiger partial charge in [0.2, 0.25) is 0 Å². The Morgan fingerprint density at radius 2 is 1.86 bits per heavy atom. The van der Waals surface area contributed by atoms with Crippen molar-refractivity contribution in [3.63, 3.8) is 0 Å². The molecule has 2 aromatic carbocycles. The van der Waals surface area contributed by atoms with Crippen LogP contribution in [0.2, 0.25) is 0 Å². The van der Waals surface area contributed by atoms with Gasteiger partial charge in [-0.25, -0.2) is 4.79 Å². The van der Waals surface area contributed by atoms with Crippen molar-refractivity contribution in [3.05, 3.63) is 71.3 Å². The summed E-state index contributed by atoms with van der Waals surface area (Å²) >= 11 is 0. The third-order valence-corrected chi connectivity index (χ3v) is 3.99. The zero-order valence-corrected chi connectivity index (χ0v) is 12.2. The number of carbonyl (C=O) groups is 1. The number of hydrogen-bond donors (Lipinski definition) is 2. The van der Waals surface area contributed by atoms with Crippen molar-refractivity contribution in [3.8, 4) is 0 Å². The number of carboxylic acid groups (broad SMARTS) is 1. The molecule has 2 aromatic rings. The summed E-state index contributed by atoms with van der Waals surface area (Å²) < 4.78 is 5.85. The molecule has 1 heterocycles. The number of benzene rings is 2. The van der Waals surface area contributed by atoms with E-state index in [-0.39, 0.29) is 12.1 Å². The van der Waals surface area contributed by atoms with Crippen LogP contribution in [0.5, 0.6) is 0 Å². The van der Waals surface area contributed by atoms with Gasteiger partial charge >= 0.3 is 5.97 Å². The molecule has 0 bridgehead atoms. The number of rotatable bonds is 5. The summed E-state index contributed by atoms with van der Waals surface area (Å²) in [6.07, 6.45) is 1.06.